The summed E-state index contributed by atoms with van der Waals surface area (Å²) in [7, 11) is 3.80. The minimum absolute atomic E-state index is 0.0172. The predicted octanol–water partition coefficient (Wildman–Crippen LogP) is 4.66. The maximum Gasteiger partial charge on any atom is 0.226 e. The van der Waals surface area contributed by atoms with Gasteiger partial charge in [-0.05, 0) is 45.8 Å². The fourth-order valence-corrected chi connectivity index (χ4v) is 3.02. The summed E-state index contributed by atoms with van der Waals surface area (Å²) in [6, 6.07) is 0. The van der Waals surface area contributed by atoms with Gasteiger partial charge in [0.1, 0.15) is 5.70 Å². The molecule has 1 aliphatic carbocycles. The molecule has 148 valence electrons. The highest BCUT2D eigenvalue weighted by Gasteiger charge is 2.31. The first kappa shape index (κ1) is 21.5. The van der Waals surface area contributed by atoms with E-state index in [4.69, 9.17) is 9.98 Å². The molecule has 1 unspecified atom stereocenters. The summed E-state index contributed by atoms with van der Waals surface area (Å²) in [5.74, 6) is 0.394. The number of nitrogens with zero attached hydrogens (tertiary/aromatic N) is 4. The highest BCUT2D eigenvalue weighted by atomic mass is 16.1. The third-order valence-electron chi connectivity index (χ3n) is 4.81. The van der Waals surface area contributed by atoms with Gasteiger partial charge in [0.2, 0.25) is 5.96 Å². The molecule has 0 aromatic carbocycles. The molecular weight excluding hydrogens is 348 g/mol. The molecule has 0 N–H and O–H groups in total. The average molecular weight is 379 g/mol. The minimum Gasteiger partial charge on any atom is -0.347 e. The van der Waals surface area contributed by atoms with Crippen LogP contribution in [0.2, 0.25) is 0 Å². The van der Waals surface area contributed by atoms with E-state index in [9.17, 15) is 4.79 Å². The number of rotatable bonds is 3. The molecule has 1 heterocycles. The molecule has 0 aromatic heterocycles. The number of allylic oxidation sites excluding steroid dienone is 8. The van der Waals surface area contributed by atoms with Crippen molar-refractivity contribution in [2.24, 2.45) is 20.9 Å². The quantitative estimate of drug-likeness (QED) is 0.670. The van der Waals surface area contributed by atoms with Gasteiger partial charge in [-0.2, -0.15) is 0 Å². The molecule has 0 aromatic rings. The number of hydrogen-bond acceptors (Lipinski definition) is 5. The van der Waals surface area contributed by atoms with Crippen LogP contribution in [0.4, 0.5) is 0 Å². The first-order valence-electron chi connectivity index (χ1n) is 9.50. The van der Waals surface area contributed by atoms with Crippen LogP contribution in [0.1, 0.15) is 41.5 Å². The van der Waals surface area contributed by atoms with Crippen LogP contribution in [-0.2, 0) is 4.79 Å². The van der Waals surface area contributed by atoms with E-state index < -0.39 is 0 Å². The maximum atomic E-state index is 13.5. The van der Waals surface area contributed by atoms with Gasteiger partial charge in [0.05, 0.1) is 5.71 Å². The number of guanidine groups is 1. The summed E-state index contributed by atoms with van der Waals surface area (Å²) in [6.07, 6.45) is 9.59. The van der Waals surface area contributed by atoms with Crippen molar-refractivity contribution in [2.75, 3.05) is 14.1 Å². The van der Waals surface area contributed by atoms with Crippen molar-refractivity contribution >= 4 is 23.2 Å². The van der Waals surface area contributed by atoms with Crippen LogP contribution in [0.25, 0.3) is 0 Å². The van der Waals surface area contributed by atoms with Gasteiger partial charge >= 0.3 is 0 Å². The molecule has 0 spiro atoms. The maximum absolute atomic E-state index is 13.5. The van der Waals surface area contributed by atoms with Crippen LogP contribution in [0, 0.1) is 5.92 Å². The van der Waals surface area contributed by atoms with Crippen LogP contribution >= 0.6 is 0 Å². The Morgan fingerprint density at radius 2 is 1.82 bits per heavy atom. The van der Waals surface area contributed by atoms with E-state index in [0.29, 0.717) is 22.8 Å². The molecule has 5 nitrogen and oxygen atoms in total. The van der Waals surface area contributed by atoms with Crippen molar-refractivity contribution in [3.05, 3.63) is 58.5 Å². The smallest absolute Gasteiger partial charge is 0.226 e. The van der Waals surface area contributed by atoms with Crippen molar-refractivity contribution in [1.29, 1.82) is 0 Å². The monoisotopic (exact) mass is 378 g/mol. The number of carbonyl (C=O) groups excluding carboxylic acids is 1. The van der Waals surface area contributed by atoms with Gasteiger partial charge in [0, 0.05) is 37.5 Å². The number of aliphatic imine (C=N–C) groups is 3. The lowest BCUT2D eigenvalue weighted by molar-refractivity contribution is -0.112. The van der Waals surface area contributed by atoms with E-state index in [0.717, 1.165) is 22.6 Å². The Labute approximate surface area is 168 Å². The molecule has 2 rings (SSSR count). The van der Waals surface area contributed by atoms with Crippen LogP contribution in [-0.4, -0.2) is 42.2 Å². The number of fused-ring (bicyclic) bond motifs is 1. The van der Waals surface area contributed by atoms with E-state index in [-0.39, 0.29) is 11.7 Å². The summed E-state index contributed by atoms with van der Waals surface area (Å²) < 4.78 is 0. The molecule has 0 amide bonds. The number of Topliss-reactive ketones (excluding diaryl/α,β-unsaturated/α-hetero) is 1. The summed E-state index contributed by atoms with van der Waals surface area (Å²) in [4.78, 5) is 29.3. The van der Waals surface area contributed by atoms with Crippen LogP contribution in [0.3, 0.4) is 0 Å². The third-order valence-corrected chi connectivity index (χ3v) is 4.81. The molecule has 0 saturated carbocycles. The van der Waals surface area contributed by atoms with E-state index in [1.807, 2.05) is 84.8 Å². The van der Waals surface area contributed by atoms with Gasteiger partial charge in [-0.15, -0.1) is 0 Å². The Morgan fingerprint density at radius 1 is 1.14 bits per heavy atom. The molecule has 28 heavy (non-hydrogen) atoms. The van der Waals surface area contributed by atoms with Gasteiger partial charge in [-0.1, -0.05) is 36.8 Å². The Hall–Kier alpha value is -2.82. The molecule has 1 atom stereocenters. The van der Waals surface area contributed by atoms with Crippen molar-refractivity contribution < 1.29 is 4.79 Å². The molecule has 2 aliphatic rings. The van der Waals surface area contributed by atoms with E-state index >= 15 is 0 Å². The molecule has 0 radical (unpaired) electrons. The zero-order valence-electron chi connectivity index (χ0n) is 18.2. The van der Waals surface area contributed by atoms with Crippen LogP contribution < -0.4 is 0 Å². The number of hydrogen-bond donors (Lipinski definition) is 0. The summed E-state index contributed by atoms with van der Waals surface area (Å²) in [5, 5.41) is 0. The van der Waals surface area contributed by atoms with Crippen molar-refractivity contribution in [3.8, 4) is 0 Å². The lowest BCUT2D eigenvalue weighted by Gasteiger charge is -2.19. The van der Waals surface area contributed by atoms with Gasteiger partial charge in [0.15, 0.2) is 5.78 Å². The van der Waals surface area contributed by atoms with E-state index in [1.54, 1.807) is 6.20 Å². The first-order chi connectivity index (χ1) is 13.2. The number of ketones is 1. The fourth-order valence-electron chi connectivity index (χ4n) is 3.02. The lowest BCUT2D eigenvalue weighted by Crippen LogP contribution is -2.22. The highest BCUT2D eigenvalue weighted by Crippen LogP contribution is 2.30. The Kier molecular flexibility index (Phi) is 6.84. The SMILES string of the molecule is C/C=C\N=C(C)C(C)/C1=C2\N=C(N(C)C)N=C2/C(C)=C/C=C(C)\C=C(/C)C1=O. The third kappa shape index (κ3) is 4.53. The summed E-state index contributed by atoms with van der Waals surface area (Å²) in [6.45, 7) is 11.7. The van der Waals surface area contributed by atoms with Gasteiger partial charge in [0.25, 0.3) is 0 Å². The normalized spacial score (nSPS) is 27.8. The Bertz CT molecular complexity index is 918. The molecule has 0 saturated heterocycles. The highest BCUT2D eigenvalue weighted by molar-refractivity contribution is 6.26. The molecule has 5 heteroatoms. The molecule has 0 fully saturated rings. The van der Waals surface area contributed by atoms with Crippen molar-refractivity contribution in [2.45, 2.75) is 41.5 Å². The Balaban J connectivity index is 2.82. The second kappa shape index (κ2) is 8.91. The van der Waals surface area contributed by atoms with Gasteiger partial charge in [-0.25, -0.2) is 9.98 Å². The van der Waals surface area contributed by atoms with E-state index in [2.05, 4.69) is 4.99 Å². The first-order valence-corrected chi connectivity index (χ1v) is 9.50. The zero-order chi connectivity index (χ0) is 21.0. The van der Waals surface area contributed by atoms with Crippen LogP contribution in [0.15, 0.2) is 73.5 Å². The second-order valence-electron chi connectivity index (χ2n) is 7.42. The predicted molar refractivity (Wildman–Crippen MR) is 119 cm³/mol. The number of carbonyl (C=O) groups is 1. The lowest BCUT2D eigenvalue weighted by atomic mass is 9.86. The van der Waals surface area contributed by atoms with Gasteiger partial charge < -0.3 is 4.90 Å². The van der Waals surface area contributed by atoms with Crippen LogP contribution in [0.5, 0.6) is 0 Å². The van der Waals surface area contributed by atoms with E-state index in [1.165, 1.54) is 0 Å². The topological polar surface area (TPSA) is 57.4 Å². The molecular formula is C23H30N4O. The van der Waals surface area contributed by atoms with Crippen molar-refractivity contribution in [3.63, 3.8) is 0 Å². The minimum atomic E-state index is -0.186. The fraction of sp³-hybridized carbons (Fsp3) is 0.391. The summed E-state index contributed by atoms with van der Waals surface area (Å²) in [5.41, 5.74) is 5.57. The molecule has 1 aliphatic heterocycles. The molecule has 0 bridgehead atoms. The Morgan fingerprint density at radius 3 is 2.43 bits per heavy atom. The average Bonchev–Trinajstić information content (AvgIpc) is 3.08. The largest absolute Gasteiger partial charge is 0.347 e. The standard InChI is InChI=1S/C23H30N4O/c1-9-12-24-18(6)17(5)19-21-20(25-23(26-21)27(7)8)15(3)11-10-14(2)13-16(4)22(19)28/h9-13,17H,1-8H3/b12-9-,14-10-,15-11+,16-13+,21-19+,24-18?. The zero-order valence-corrected chi connectivity index (χ0v) is 18.2. The van der Waals surface area contributed by atoms with Crippen molar-refractivity contribution in [1.82, 2.24) is 4.90 Å². The summed E-state index contributed by atoms with van der Waals surface area (Å²) >= 11 is 0. The van der Waals surface area contributed by atoms with Gasteiger partial charge in [-0.3, -0.25) is 9.79 Å². The second-order valence-corrected chi connectivity index (χ2v) is 7.42.